The first kappa shape index (κ1) is 18.3. The summed E-state index contributed by atoms with van der Waals surface area (Å²) < 4.78 is 6.91. The van der Waals surface area contributed by atoms with E-state index in [1.54, 1.807) is 18.2 Å². The van der Waals surface area contributed by atoms with E-state index >= 15 is 0 Å². The molecular formula is C17H12Cl2N4O2S. The summed E-state index contributed by atoms with van der Waals surface area (Å²) in [5.41, 5.74) is 1.14. The van der Waals surface area contributed by atoms with Crippen LogP contribution in [0.2, 0.25) is 10.0 Å². The second kappa shape index (κ2) is 8.27. The molecule has 1 heterocycles. The molecule has 0 radical (unpaired) electrons. The Balaban J connectivity index is 1.75. The number of halogens is 2. The van der Waals surface area contributed by atoms with Gasteiger partial charge in [0.25, 0.3) is 5.56 Å². The van der Waals surface area contributed by atoms with Gasteiger partial charge in [0.1, 0.15) is 18.6 Å². The average Bonchev–Trinajstić information content (AvgIpc) is 2.61. The largest absolute Gasteiger partial charge is 0.489 e. The third kappa shape index (κ3) is 4.57. The monoisotopic (exact) mass is 406 g/mol. The minimum absolute atomic E-state index is 0.110. The summed E-state index contributed by atoms with van der Waals surface area (Å²) in [5, 5.41) is 11.3. The van der Waals surface area contributed by atoms with E-state index in [9.17, 15) is 4.79 Å². The zero-order chi connectivity index (χ0) is 18.5. The molecule has 0 saturated carbocycles. The maximum Gasteiger partial charge on any atom is 0.293 e. The number of nitrogens with one attached hydrogen (secondary N) is 1. The Kier molecular flexibility index (Phi) is 5.82. The van der Waals surface area contributed by atoms with Crippen LogP contribution in [0.1, 0.15) is 11.1 Å². The SMILES string of the molecule is O=c1cn[nH]c(=S)n1/N=C\c1cccc(OCc2ccc(Cl)cc2Cl)c1. The molecule has 0 atom stereocenters. The van der Waals surface area contributed by atoms with Crippen LogP contribution in [0.3, 0.4) is 0 Å². The Labute approximate surface area is 163 Å². The van der Waals surface area contributed by atoms with Gasteiger partial charge in [-0.25, -0.2) is 0 Å². The third-order valence-corrected chi connectivity index (χ3v) is 4.18. The molecule has 0 fully saturated rings. The van der Waals surface area contributed by atoms with Crippen molar-refractivity contribution in [3.63, 3.8) is 0 Å². The number of rotatable bonds is 5. The van der Waals surface area contributed by atoms with Crippen molar-refractivity contribution in [1.29, 1.82) is 0 Å². The lowest BCUT2D eigenvalue weighted by Crippen LogP contribution is -2.18. The highest BCUT2D eigenvalue weighted by Crippen LogP contribution is 2.23. The molecule has 0 unspecified atom stereocenters. The molecule has 26 heavy (non-hydrogen) atoms. The van der Waals surface area contributed by atoms with Crippen molar-refractivity contribution in [3.05, 3.63) is 85.0 Å². The number of ether oxygens (including phenoxy) is 1. The zero-order valence-corrected chi connectivity index (χ0v) is 15.6. The maximum atomic E-state index is 11.7. The average molecular weight is 407 g/mol. The quantitative estimate of drug-likeness (QED) is 0.511. The van der Waals surface area contributed by atoms with E-state index in [0.29, 0.717) is 22.4 Å². The highest BCUT2D eigenvalue weighted by atomic mass is 35.5. The van der Waals surface area contributed by atoms with Gasteiger partial charge < -0.3 is 4.74 Å². The van der Waals surface area contributed by atoms with Gasteiger partial charge in [0.2, 0.25) is 4.77 Å². The van der Waals surface area contributed by atoms with Crippen molar-refractivity contribution in [2.24, 2.45) is 5.10 Å². The minimum atomic E-state index is -0.421. The number of benzene rings is 2. The molecule has 0 saturated heterocycles. The van der Waals surface area contributed by atoms with Crippen LogP contribution in [0.25, 0.3) is 0 Å². The highest BCUT2D eigenvalue weighted by molar-refractivity contribution is 7.71. The van der Waals surface area contributed by atoms with E-state index in [2.05, 4.69) is 15.3 Å². The molecule has 0 bridgehead atoms. The lowest BCUT2D eigenvalue weighted by atomic mass is 10.2. The predicted molar refractivity (Wildman–Crippen MR) is 104 cm³/mol. The van der Waals surface area contributed by atoms with E-state index in [0.717, 1.165) is 22.0 Å². The Morgan fingerprint density at radius 2 is 2.12 bits per heavy atom. The lowest BCUT2D eigenvalue weighted by Gasteiger charge is -2.08. The molecule has 0 aliphatic carbocycles. The number of aromatic nitrogens is 3. The summed E-state index contributed by atoms with van der Waals surface area (Å²) in [5.74, 6) is 0.632. The summed E-state index contributed by atoms with van der Waals surface area (Å²) in [6.07, 6.45) is 2.61. The van der Waals surface area contributed by atoms with E-state index in [1.807, 2.05) is 24.3 Å². The Morgan fingerprint density at radius 3 is 2.88 bits per heavy atom. The molecule has 0 aliphatic rings. The standard InChI is InChI=1S/C17H12Cl2N4O2S/c18-13-5-4-12(15(19)7-13)10-25-14-3-1-2-11(6-14)8-21-23-16(24)9-20-22-17(23)26/h1-9H,10H2,(H,22,26)/b21-8-. The maximum absolute atomic E-state index is 11.7. The summed E-state index contributed by atoms with van der Waals surface area (Å²) in [6, 6.07) is 12.5. The summed E-state index contributed by atoms with van der Waals surface area (Å²) in [4.78, 5) is 11.7. The van der Waals surface area contributed by atoms with Crippen molar-refractivity contribution in [1.82, 2.24) is 14.9 Å². The van der Waals surface area contributed by atoms with Crippen molar-refractivity contribution in [3.8, 4) is 5.75 Å². The molecule has 3 rings (SSSR count). The molecule has 132 valence electrons. The van der Waals surface area contributed by atoms with Crippen LogP contribution < -0.4 is 10.3 Å². The highest BCUT2D eigenvalue weighted by Gasteiger charge is 2.03. The van der Waals surface area contributed by atoms with Crippen LogP contribution in [0, 0.1) is 4.77 Å². The van der Waals surface area contributed by atoms with E-state index < -0.39 is 5.56 Å². The van der Waals surface area contributed by atoms with Crippen LogP contribution in [-0.2, 0) is 6.61 Å². The van der Waals surface area contributed by atoms with E-state index in [4.69, 9.17) is 40.2 Å². The molecule has 2 aromatic carbocycles. The summed E-state index contributed by atoms with van der Waals surface area (Å²) >= 11 is 17.0. The third-order valence-electron chi connectivity index (χ3n) is 3.33. The van der Waals surface area contributed by atoms with Crippen LogP contribution >= 0.6 is 35.4 Å². The first-order valence-electron chi connectivity index (χ1n) is 7.41. The normalized spacial score (nSPS) is 11.0. The van der Waals surface area contributed by atoms with Gasteiger partial charge in [-0.1, -0.05) is 41.4 Å². The zero-order valence-electron chi connectivity index (χ0n) is 13.2. The Bertz CT molecular complexity index is 1050. The van der Waals surface area contributed by atoms with Crippen molar-refractivity contribution in [2.45, 2.75) is 6.61 Å². The molecule has 0 amide bonds. The summed E-state index contributed by atoms with van der Waals surface area (Å²) in [7, 11) is 0. The fraction of sp³-hybridized carbons (Fsp3) is 0.0588. The number of hydrogen-bond acceptors (Lipinski definition) is 5. The van der Waals surface area contributed by atoms with Gasteiger partial charge in [-0.05, 0) is 42.0 Å². The van der Waals surface area contributed by atoms with Crippen molar-refractivity contribution in [2.75, 3.05) is 0 Å². The second-order valence-electron chi connectivity index (χ2n) is 5.17. The van der Waals surface area contributed by atoms with Crippen molar-refractivity contribution < 1.29 is 4.74 Å². The summed E-state index contributed by atoms with van der Waals surface area (Å²) in [6.45, 7) is 0.297. The molecule has 0 spiro atoms. The van der Waals surface area contributed by atoms with Crippen molar-refractivity contribution >= 4 is 41.6 Å². The Morgan fingerprint density at radius 1 is 1.27 bits per heavy atom. The first-order valence-corrected chi connectivity index (χ1v) is 8.57. The number of aromatic amines is 1. The molecule has 6 nitrogen and oxygen atoms in total. The van der Waals surface area contributed by atoms with Crippen LogP contribution in [0.15, 0.2) is 58.6 Å². The van der Waals surface area contributed by atoms with Gasteiger partial charge in [-0.15, -0.1) is 0 Å². The van der Waals surface area contributed by atoms with Crippen LogP contribution in [-0.4, -0.2) is 21.1 Å². The fourth-order valence-corrected chi connectivity index (χ4v) is 2.72. The molecule has 1 aromatic heterocycles. The van der Waals surface area contributed by atoms with Gasteiger partial charge in [-0.3, -0.25) is 9.89 Å². The van der Waals surface area contributed by atoms with Gasteiger partial charge in [0, 0.05) is 15.6 Å². The molecule has 3 aromatic rings. The fourth-order valence-electron chi connectivity index (χ4n) is 2.06. The van der Waals surface area contributed by atoms with E-state index in [-0.39, 0.29) is 4.77 Å². The number of H-pyrrole nitrogens is 1. The molecular weight excluding hydrogens is 395 g/mol. The Hall–Kier alpha value is -2.48. The first-order chi connectivity index (χ1) is 12.5. The molecule has 9 heteroatoms. The van der Waals surface area contributed by atoms with Gasteiger partial charge in [0.05, 0.1) is 6.21 Å². The lowest BCUT2D eigenvalue weighted by molar-refractivity contribution is 0.306. The minimum Gasteiger partial charge on any atom is -0.489 e. The van der Waals surface area contributed by atoms with Gasteiger partial charge in [-0.2, -0.15) is 14.9 Å². The topological polar surface area (TPSA) is 72.3 Å². The molecule has 0 aliphatic heterocycles. The van der Waals surface area contributed by atoms with Crippen LogP contribution in [0.5, 0.6) is 5.75 Å². The van der Waals surface area contributed by atoms with Crippen LogP contribution in [0.4, 0.5) is 0 Å². The number of hydrogen-bond donors (Lipinski definition) is 1. The van der Waals surface area contributed by atoms with E-state index in [1.165, 1.54) is 6.21 Å². The van der Waals surface area contributed by atoms with Gasteiger partial charge in [0.15, 0.2) is 0 Å². The van der Waals surface area contributed by atoms with Gasteiger partial charge >= 0.3 is 0 Å². The second-order valence-corrected chi connectivity index (χ2v) is 6.40. The molecule has 1 N–H and O–H groups in total. The predicted octanol–water partition coefficient (Wildman–Crippen LogP) is 4.07. The number of nitrogens with zero attached hydrogens (tertiary/aromatic N) is 3. The smallest absolute Gasteiger partial charge is 0.293 e.